The Morgan fingerprint density at radius 1 is 0.321 bits per heavy atom. The molecule has 10 aromatic rings. The molecule has 264 valence electrons. The second-order valence-corrected chi connectivity index (χ2v) is 13.8. The van der Waals surface area contributed by atoms with Crippen molar-refractivity contribution in [1.29, 1.82) is 0 Å². The van der Waals surface area contributed by atoms with E-state index >= 15 is 0 Å². The summed E-state index contributed by atoms with van der Waals surface area (Å²) in [5.41, 5.74) is 12.1. The average Bonchev–Trinajstić information content (AvgIpc) is 3.60. The van der Waals surface area contributed by atoms with Crippen molar-refractivity contribution in [2.45, 2.75) is 0 Å². The minimum absolute atomic E-state index is 0.292. The Morgan fingerprint density at radius 3 is 1.23 bits per heavy atom. The van der Waals surface area contributed by atoms with Gasteiger partial charge in [0.05, 0.1) is 11.0 Å². The van der Waals surface area contributed by atoms with Crippen LogP contribution in [-0.4, -0.2) is 19.5 Å². The summed E-state index contributed by atoms with van der Waals surface area (Å²) in [6, 6.07) is 67.4. The summed E-state index contributed by atoms with van der Waals surface area (Å²) in [6.07, 6.45) is 0. The van der Waals surface area contributed by atoms with Crippen LogP contribution in [0.25, 0.3) is 95.0 Å². The molecule has 0 radical (unpaired) electrons. The lowest BCUT2D eigenvalue weighted by Gasteiger charge is -2.16. The standard InChI is InChI=1S/C51H33FN4/c52-41-25-21-36(22-26-41)43-28-27-42(33-46(43)51-54-49(37-17-9-3-10-18-37)53-50(55-51)38-19-11-4-12-20-38)56-47-29-23-39(34-13-5-1-6-14-34)31-44(47)45-32-40(24-30-48(45)56)35-15-7-2-8-16-35/h1-33H. The molecule has 2 aromatic heterocycles. The molecule has 0 spiro atoms. The van der Waals surface area contributed by atoms with Crippen molar-refractivity contribution in [3.8, 4) is 73.2 Å². The zero-order valence-corrected chi connectivity index (χ0v) is 30.2. The van der Waals surface area contributed by atoms with Crippen molar-refractivity contribution in [3.05, 3.63) is 206 Å². The van der Waals surface area contributed by atoms with Crippen molar-refractivity contribution >= 4 is 21.8 Å². The van der Waals surface area contributed by atoms with Crippen molar-refractivity contribution in [1.82, 2.24) is 19.5 Å². The number of nitrogens with zero attached hydrogens (tertiary/aromatic N) is 4. The van der Waals surface area contributed by atoms with Gasteiger partial charge in [0, 0.05) is 33.2 Å². The molecule has 0 aliphatic carbocycles. The van der Waals surface area contributed by atoms with E-state index in [1.165, 1.54) is 23.3 Å². The molecule has 0 aliphatic rings. The van der Waals surface area contributed by atoms with Crippen LogP contribution in [0.5, 0.6) is 0 Å². The summed E-state index contributed by atoms with van der Waals surface area (Å²) in [5, 5.41) is 2.31. The number of benzene rings is 8. The zero-order chi connectivity index (χ0) is 37.4. The highest BCUT2D eigenvalue weighted by Crippen LogP contribution is 2.40. The van der Waals surface area contributed by atoms with Gasteiger partial charge in [0.25, 0.3) is 0 Å². The van der Waals surface area contributed by atoms with Crippen LogP contribution in [0.3, 0.4) is 0 Å². The first-order valence-corrected chi connectivity index (χ1v) is 18.6. The van der Waals surface area contributed by atoms with Crippen molar-refractivity contribution in [2.75, 3.05) is 0 Å². The first-order chi connectivity index (χ1) is 27.7. The summed E-state index contributed by atoms with van der Waals surface area (Å²) in [4.78, 5) is 15.2. The molecule has 0 fully saturated rings. The molecule has 0 bridgehead atoms. The van der Waals surface area contributed by atoms with Gasteiger partial charge in [-0.3, -0.25) is 0 Å². The lowest BCUT2D eigenvalue weighted by Crippen LogP contribution is -2.02. The minimum Gasteiger partial charge on any atom is -0.309 e. The van der Waals surface area contributed by atoms with E-state index < -0.39 is 0 Å². The molecule has 0 aliphatic heterocycles. The van der Waals surface area contributed by atoms with Gasteiger partial charge in [0.1, 0.15) is 5.82 Å². The lowest BCUT2D eigenvalue weighted by atomic mass is 9.98. The molecule has 56 heavy (non-hydrogen) atoms. The van der Waals surface area contributed by atoms with Gasteiger partial charge in [-0.15, -0.1) is 0 Å². The summed E-state index contributed by atoms with van der Waals surface area (Å²) < 4.78 is 16.6. The first-order valence-electron chi connectivity index (χ1n) is 18.6. The molecule has 5 heteroatoms. The van der Waals surface area contributed by atoms with Crippen LogP contribution >= 0.6 is 0 Å². The molecule has 0 saturated heterocycles. The fourth-order valence-corrected chi connectivity index (χ4v) is 7.59. The van der Waals surface area contributed by atoms with Crippen LogP contribution in [0.15, 0.2) is 200 Å². The minimum atomic E-state index is -0.292. The summed E-state index contributed by atoms with van der Waals surface area (Å²) in [7, 11) is 0. The van der Waals surface area contributed by atoms with E-state index in [4.69, 9.17) is 15.0 Å². The van der Waals surface area contributed by atoms with Crippen molar-refractivity contribution in [3.63, 3.8) is 0 Å². The van der Waals surface area contributed by atoms with E-state index in [0.29, 0.717) is 17.5 Å². The normalized spacial score (nSPS) is 11.3. The highest BCUT2D eigenvalue weighted by molar-refractivity contribution is 6.11. The van der Waals surface area contributed by atoms with Crippen LogP contribution in [0, 0.1) is 5.82 Å². The maximum absolute atomic E-state index is 14.3. The van der Waals surface area contributed by atoms with E-state index in [2.05, 4.69) is 108 Å². The van der Waals surface area contributed by atoms with E-state index in [1.54, 1.807) is 0 Å². The van der Waals surface area contributed by atoms with E-state index in [-0.39, 0.29) is 5.82 Å². The maximum atomic E-state index is 14.3. The molecule has 0 unspecified atom stereocenters. The van der Waals surface area contributed by atoms with E-state index in [9.17, 15) is 4.39 Å². The monoisotopic (exact) mass is 720 g/mol. The fourth-order valence-electron chi connectivity index (χ4n) is 7.59. The zero-order valence-electron chi connectivity index (χ0n) is 30.2. The molecule has 0 saturated carbocycles. The Hall–Kier alpha value is -7.50. The molecule has 0 atom stereocenters. The Morgan fingerprint density at radius 2 is 0.750 bits per heavy atom. The fraction of sp³-hybridized carbons (Fsp3) is 0. The van der Waals surface area contributed by atoms with E-state index in [0.717, 1.165) is 66.4 Å². The Kier molecular flexibility index (Phi) is 8.30. The SMILES string of the molecule is Fc1ccc(-c2ccc(-n3c4ccc(-c5ccccc5)cc4c4cc(-c5ccccc5)ccc43)cc2-c2nc(-c3ccccc3)nc(-c3ccccc3)n2)cc1. The molecule has 10 rings (SSSR count). The Balaban J connectivity index is 1.24. The topological polar surface area (TPSA) is 43.6 Å². The predicted molar refractivity (Wildman–Crippen MR) is 227 cm³/mol. The summed E-state index contributed by atoms with van der Waals surface area (Å²) in [5.74, 6) is 1.38. The maximum Gasteiger partial charge on any atom is 0.164 e. The molecule has 0 N–H and O–H groups in total. The second-order valence-electron chi connectivity index (χ2n) is 13.8. The number of fused-ring (bicyclic) bond motifs is 3. The van der Waals surface area contributed by atoms with Gasteiger partial charge in [0.2, 0.25) is 0 Å². The third-order valence-corrected chi connectivity index (χ3v) is 10.3. The van der Waals surface area contributed by atoms with Gasteiger partial charge >= 0.3 is 0 Å². The second kappa shape index (κ2) is 14.0. The number of halogens is 1. The lowest BCUT2D eigenvalue weighted by molar-refractivity contribution is 0.628. The predicted octanol–water partition coefficient (Wildman–Crippen LogP) is 13.1. The quantitative estimate of drug-likeness (QED) is 0.165. The first kappa shape index (κ1) is 33.1. The van der Waals surface area contributed by atoms with Crippen molar-refractivity contribution in [2.24, 2.45) is 0 Å². The Labute approximate surface area is 323 Å². The average molecular weight is 721 g/mol. The molecular formula is C51H33FN4. The molecule has 4 nitrogen and oxygen atoms in total. The summed E-state index contributed by atoms with van der Waals surface area (Å²) >= 11 is 0. The highest BCUT2D eigenvalue weighted by Gasteiger charge is 2.20. The van der Waals surface area contributed by atoms with Crippen LogP contribution in [0.4, 0.5) is 4.39 Å². The van der Waals surface area contributed by atoms with Gasteiger partial charge in [-0.1, -0.05) is 152 Å². The largest absolute Gasteiger partial charge is 0.309 e. The van der Waals surface area contributed by atoms with Crippen LogP contribution in [0.1, 0.15) is 0 Å². The van der Waals surface area contributed by atoms with Gasteiger partial charge in [-0.25, -0.2) is 19.3 Å². The van der Waals surface area contributed by atoms with Crippen LogP contribution in [-0.2, 0) is 0 Å². The third kappa shape index (κ3) is 6.11. The highest BCUT2D eigenvalue weighted by atomic mass is 19.1. The van der Waals surface area contributed by atoms with Gasteiger partial charge < -0.3 is 4.57 Å². The van der Waals surface area contributed by atoms with Gasteiger partial charge in [-0.2, -0.15) is 0 Å². The van der Waals surface area contributed by atoms with Crippen LogP contribution < -0.4 is 0 Å². The third-order valence-electron chi connectivity index (χ3n) is 10.3. The smallest absolute Gasteiger partial charge is 0.164 e. The van der Waals surface area contributed by atoms with Crippen molar-refractivity contribution < 1.29 is 4.39 Å². The molecule has 8 aromatic carbocycles. The number of aromatic nitrogens is 4. The van der Waals surface area contributed by atoms with Crippen LogP contribution in [0.2, 0.25) is 0 Å². The Bertz CT molecular complexity index is 2840. The number of rotatable bonds is 7. The molecule has 2 heterocycles. The van der Waals surface area contributed by atoms with Gasteiger partial charge in [0.15, 0.2) is 17.5 Å². The van der Waals surface area contributed by atoms with Gasteiger partial charge in [-0.05, 0) is 81.9 Å². The molecular weight excluding hydrogens is 688 g/mol. The number of hydrogen-bond donors (Lipinski definition) is 0. The summed E-state index contributed by atoms with van der Waals surface area (Å²) in [6.45, 7) is 0. The van der Waals surface area contributed by atoms with E-state index in [1.807, 2.05) is 84.9 Å². The molecule has 0 amide bonds. The number of hydrogen-bond acceptors (Lipinski definition) is 3.